The number of hydrogen-bond acceptors (Lipinski definition) is 5. The summed E-state index contributed by atoms with van der Waals surface area (Å²) in [6.07, 6.45) is 4.45. The number of benzene rings is 1. The summed E-state index contributed by atoms with van der Waals surface area (Å²) in [5, 5.41) is 1.88. The molecule has 26 heavy (non-hydrogen) atoms. The van der Waals surface area contributed by atoms with Crippen LogP contribution in [0, 0.1) is 0 Å². The third kappa shape index (κ3) is 3.91. The van der Waals surface area contributed by atoms with Gasteiger partial charge in [-0.1, -0.05) is 34.6 Å². The largest absolute Gasteiger partial charge is 0.372 e. The van der Waals surface area contributed by atoms with Gasteiger partial charge in [0.05, 0.1) is 22.4 Å². The molecule has 6 heteroatoms. The van der Waals surface area contributed by atoms with Gasteiger partial charge in [0, 0.05) is 37.7 Å². The Labute approximate surface area is 164 Å². The van der Waals surface area contributed by atoms with Gasteiger partial charge in [-0.2, -0.15) is 0 Å². The molecule has 2 aliphatic heterocycles. The number of thiazole rings is 1. The molecule has 0 aliphatic carbocycles. The Hall–Kier alpha value is -1.14. The zero-order valence-corrected chi connectivity index (χ0v) is 17.1. The minimum Gasteiger partial charge on any atom is -0.372 e. The molecule has 0 unspecified atom stereocenters. The summed E-state index contributed by atoms with van der Waals surface area (Å²) in [4.78, 5) is 9.74. The first-order valence-electron chi connectivity index (χ1n) is 9.34. The van der Waals surface area contributed by atoms with Crippen molar-refractivity contribution >= 4 is 38.3 Å². The lowest BCUT2D eigenvalue weighted by atomic mass is 9.89. The zero-order chi connectivity index (χ0) is 18.1. The Kier molecular flexibility index (Phi) is 5.24. The topological polar surface area (TPSA) is 28.6 Å². The van der Waals surface area contributed by atoms with Crippen LogP contribution in [0.4, 0.5) is 5.13 Å². The first kappa shape index (κ1) is 18.2. The van der Waals surface area contributed by atoms with E-state index in [1.54, 1.807) is 11.3 Å². The van der Waals surface area contributed by atoms with Gasteiger partial charge in [0.15, 0.2) is 5.13 Å². The van der Waals surface area contributed by atoms with Gasteiger partial charge >= 0.3 is 0 Å². The van der Waals surface area contributed by atoms with Crippen molar-refractivity contribution in [2.24, 2.45) is 0 Å². The summed E-state index contributed by atoms with van der Waals surface area (Å²) < 4.78 is 7.44. The second-order valence-electron chi connectivity index (χ2n) is 7.64. The van der Waals surface area contributed by atoms with Crippen LogP contribution >= 0.6 is 22.9 Å². The fourth-order valence-corrected chi connectivity index (χ4v) is 5.11. The maximum Gasteiger partial charge on any atom is 0.186 e. The van der Waals surface area contributed by atoms with E-state index < -0.39 is 0 Å². The third-order valence-electron chi connectivity index (χ3n) is 5.37. The molecule has 0 saturated carbocycles. The van der Waals surface area contributed by atoms with E-state index in [0.717, 1.165) is 72.5 Å². The molecule has 1 aromatic heterocycles. The molecule has 0 N–H and O–H groups in total. The quantitative estimate of drug-likeness (QED) is 0.715. The molecule has 0 bridgehead atoms. The lowest BCUT2D eigenvalue weighted by molar-refractivity contribution is -0.118. The van der Waals surface area contributed by atoms with Crippen LogP contribution < -0.4 is 4.90 Å². The van der Waals surface area contributed by atoms with Crippen molar-refractivity contribution in [1.82, 2.24) is 9.88 Å². The van der Waals surface area contributed by atoms with E-state index >= 15 is 0 Å². The van der Waals surface area contributed by atoms with Gasteiger partial charge in [-0.25, -0.2) is 4.98 Å². The van der Waals surface area contributed by atoms with Gasteiger partial charge in [-0.15, -0.1) is 0 Å². The molecule has 2 saturated heterocycles. The Balaban J connectivity index is 1.42. The number of aromatic nitrogens is 1. The number of piperidine rings is 1. The van der Waals surface area contributed by atoms with Crippen LogP contribution in [-0.4, -0.2) is 54.8 Å². The molecular formula is C20H26ClN3OS. The highest BCUT2D eigenvalue weighted by atomic mass is 35.5. The number of morpholine rings is 1. The summed E-state index contributed by atoms with van der Waals surface area (Å²) in [5.74, 6) is 0. The van der Waals surface area contributed by atoms with Crippen molar-refractivity contribution in [3.05, 3.63) is 34.9 Å². The van der Waals surface area contributed by atoms with Crippen molar-refractivity contribution in [2.45, 2.75) is 32.3 Å². The monoisotopic (exact) mass is 391 g/mol. The average molecular weight is 392 g/mol. The van der Waals surface area contributed by atoms with E-state index in [4.69, 9.17) is 21.3 Å². The Bertz CT molecular complexity index is 806. The highest BCUT2D eigenvalue weighted by Crippen LogP contribution is 2.36. The minimum absolute atomic E-state index is 0.0181. The lowest BCUT2D eigenvalue weighted by Crippen LogP contribution is -2.56. The maximum atomic E-state index is 6.28. The fourth-order valence-electron chi connectivity index (χ4n) is 3.82. The van der Waals surface area contributed by atoms with Crippen molar-refractivity contribution in [3.8, 4) is 0 Å². The summed E-state index contributed by atoms with van der Waals surface area (Å²) in [5.41, 5.74) is 2.44. The Morgan fingerprint density at radius 3 is 2.88 bits per heavy atom. The van der Waals surface area contributed by atoms with Crippen LogP contribution in [-0.2, 0) is 4.74 Å². The molecule has 3 heterocycles. The molecule has 2 aromatic rings. The molecule has 0 atom stereocenters. The Morgan fingerprint density at radius 1 is 1.31 bits per heavy atom. The predicted molar refractivity (Wildman–Crippen MR) is 111 cm³/mol. The number of anilines is 1. The summed E-state index contributed by atoms with van der Waals surface area (Å²) in [7, 11) is 0. The SMILES string of the molecule is CC(C)=CCN1CCOC2(CCN(c3nc4ccc(Cl)cc4s3)CC2)C1. The normalized spacial score (nSPS) is 20.7. The van der Waals surface area contributed by atoms with Gasteiger partial charge in [0.1, 0.15) is 0 Å². The molecule has 0 amide bonds. The summed E-state index contributed by atoms with van der Waals surface area (Å²) in [6, 6.07) is 5.93. The number of rotatable bonds is 3. The Morgan fingerprint density at radius 2 is 2.12 bits per heavy atom. The van der Waals surface area contributed by atoms with E-state index in [1.807, 2.05) is 18.2 Å². The van der Waals surface area contributed by atoms with E-state index in [-0.39, 0.29) is 5.60 Å². The van der Waals surface area contributed by atoms with E-state index in [2.05, 4.69) is 29.7 Å². The van der Waals surface area contributed by atoms with Crippen molar-refractivity contribution in [3.63, 3.8) is 0 Å². The van der Waals surface area contributed by atoms with Crippen LogP contribution in [0.2, 0.25) is 5.02 Å². The van der Waals surface area contributed by atoms with Gasteiger partial charge in [-0.3, -0.25) is 4.90 Å². The van der Waals surface area contributed by atoms with Crippen LogP contribution in [0.5, 0.6) is 0 Å². The minimum atomic E-state index is 0.0181. The molecule has 0 radical (unpaired) electrons. The first-order chi connectivity index (χ1) is 12.5. The second kappa shape index (κ2) is 7.47. The van der Waals surface area contributed by atoms with Gasteiger partial charge in [0.25, 0.3) is 0 Å². The fraction of sp³-hybridized carbons (Fsp3) is 0.550. The number of fused-ring (bicyclic) bond motifs is 1. The third-order valence-corrected chi connectivity index (χ3v) is 6.68. The smallest absolute Gasteiger partial charge is 0.186 e. The summed E-state index contributed by atoms with van der Waals surface area (Å²) in [6.45, 7) is 10.3. The lowest BCUT2D eigenvalue weighted by Gasteiger charge is -2.47. The molecule has 1 aromatic carbocycles. The average Bonchev–Trinajstić information content (AvgIpc) is 3.04. The standard InChI is InChI=1S/C20H26ClN3OS/c1-15(2)5-8-23-11-12-25-20(14-23)6-9-24(10-7-20)19-22-17-4-3-16(21)13-18(17)26-19/h3-5,13H,6-12,14H2,1-2H3. The second-order valence-corrected chi connectivity index (χ2v) is 9.09. The molecular weight excluding hydrogens is 366 g/mol. The van der Waals surface area contributed by atoms with Crippen LogP contribution in [0.3, 0.4) is 0 Å². The van der Waals surface area contributed by atoms with Crippen LogP contribution in [0.15, 0.2) is 29.8 Å². The molecule has 2 aliphatic rings. The van der Waals surface area contributed by atoms with E-state index in [1.165, 1.54) is 5.57 Å². The number of ether oxygens (including phenoxy) is 1. The number of allylic oxidation sites excluding steroid dienone is 1. The molecule has 4 nitrogen and oxygen atoms in total. The van der Waals surface area contributed by atoms with E-state index in [9.17, 15) is 0 Å². The highest BCUT2D eigenvalue weighted by Gasteiger charge is 2.39. The zero-order valence-electron chi connectivity index (χ0n) is 15.5. The summed E-state index contributed by atoms with van der Waals surface area (Å²) >= 11 is 7.85. The first-order valence-corrected chi connectivity index (χ1v) is 10.5. The molecule has 1 spiro atoms. The number of nitrogens with zero attached hydrogens (tertiary/aromatic N) is 3. The molecule has 4 rings (SSSR count). The van der Waals surface area contributed by atoms with Crippen LogP contribution in [0.25, 0.3) is 10.2 Å². The highest BCUT2D eigenvalue weighted by molar-refractivity contribution is 7.22. The van der Waals surface area contributed by atoms with Crippen molar-refractivity contribution in [1.29, 1.82) is 0 Å². The van der Waals surface area contributed by atoms with Crippen molar-refractivity contribution < 1.29 is 4.74 Å². The van der Waals surface area contributed by atoms with E-state index in [0.29, 0.717) is 0 Å². The van der Waals surface area contributed by atoms with Crippen molar-refractivity contribution in [2.75, 3.05) is 44.2 Å². The predicted octanol–water partition coefficient (Wildman–Crippen LogP) is 4.59. The van der Waals surface area contributed by atoms with Crippen LogP contribution in [0.1, 0.15) is 26.7 Å². The maximum absolute atomic E-state index is 6.28. The molecule has 2 fully saturated rings. The van der Waals surface area contributed by atoms with Gasteiger partial charge in [0.2, 0.25) is 0 Å². The molecule has 140 valence electrons. The van der Waals surface area contributed by atoms with Gasteiger partial charge < -0.3 is 9.64 Å². The number of hydrogen-bond donors (Lipinski definition) is 0. The van der Waals surface area contributed by atoms with Gasteiger partial charge in [-0.05, 0) is 44.9 Å². The number of halogens is 1.